The molecular weight excluding hydrogens is 411 g/mol. The van der Waals surface area contributed by atoms with Crippen LogP contribution in [0.15, 0.2) is 42.5 Å². The van der Waals surface area contributed by atoms with Crippen molar-refractivity contribution in [3.8, 4) is 11.5 Å². The molecule has 1 N–H and O–H groups in total. The van der Waals surface area contributed by atoms with Gasteiger partial charge in [-0.3, -0.25) is 9.59 Å². The van der Waals surface area contributed by atoms with E-state index in [1.807, 2.05) is 32.0 Å². The zero-order chi connectivity index (χ0) is 23.1. The predicted octanol–water partition coefficient (Wildman–Crippen LogP) is 3.86. The van der Waals surface area contributed by atoms with E-state index in [1.54, 1.807) is 25.1 Å². The van der Waals surface area contributed by atoms with Crippen molar-refractivity contribution in [1.82, 2.24) is 10.2 Å². The molecule has 1 aliphatic heterocycles. The minimum absolute atomic E-state index is 0.00641. The number of ether oxygens (including phenoxy) is 2. The van der Waals surface area contributed by atoms with E-state index in [0.29, 0.717) is 36.7 Å². The van der Waals surface area contributed by atoms with Gasteiger partial charge in [0.1, 0.15) is 25.1 Å². The fourth-order valence-electron chi connectivity index (χ4n) is 3.50. The molecule has 0 aromatic heterocycles. The van der Waals surface area contributed by atoms with E-state index < -0.39 is 11.9 Å². The molecule has 0 fully saturated rings. The maximum Gasteiger partial charge on any atom is 0.242 e. The molecule has 7 heteroatoms. The van der Waals surface area contributed by atoms with E-state index in [0.717, 1.165) is 12.0 Å². The summed E-state index contributed by atoms with van der Waals surface area (Å²) < 4.78 is 25.4. The van der Waals surface area contributed by atoms with Gasteiger partial charge in [0.25, 0.3) is 0 Å². The Kier molecular flexibility index (Phi) is 8.09. The molecule has 0 unspecified atom stereocenters. The molecule has 2 aromatic carbocycles. The van der Waals surface area contributed by atoms with Crippen LogP contribution in [0.3, 0.4) is 0 Å². The number of nitrogens with one attached hydrogen (secondary N) is 1. The van der Waals surface area contributed by atoms with Crippen LogP contribution < -0.4 is 14.8 Å². The van der Waals surface area contributed by atoms with Crippen LogP contribution in [0, 0.1) is 5.82 Å². The molecule has 1 heterocycles. The summed E-state index contributed by atoms with van der Waals surface area (Å²) in [5.74, 6) is 0.513. The summed E-state index contributed by atoms with van der Waals surface area (Å²) in [5.41, 5.74) is 1.31. The fraction of sp³-hybridized carbons (Fsp3) is 0.440. The maximum absolute atomic E-state index is 14.3. The van der Waals surface area contributed by atoms with E-state index in [-0.39, 0.29) is 30.8 Å². The number of nitrogens with zero attached hydrogens (tertiary/aromatic N) is 1. The quantitative estimate of drug-likeness (QED) is 0.640. The molecule has 172 valence electrons. The third kappa shape index (κ3) is 5.99. The zero-order valence-corrected chi connectivity index (χ0v) is 18.9. The van der Waals surface area contributed by atoms with E-state index in [9.17, 15) is 14.0 Å². The Bertz CT molecular complexity index is 949. The first-order valence-electron chi connectivity index (χ1n) is 11.1. The highest BCUT2D eigenvalue weighted by atomic mass is 19.1. The molecule has 3 rings (SSSR count). The Labute approximate surface area is 188 Å². The van der Waals surface area contributed by atoms with Crippen LogP contribution in [-0.2, 0) is 22.6 Å². The van der Waals surface area contributed by atoms with Crippen LogP contribution in [0.5, 0.6) is 11.5 Å². The smallest absolute Gasteiger partial charge is 0.242 e. The van der Waals surface area contributed by atoms with Crippen molar-refractivity contribution < 1.29 is 23.5 Å². The van der Waals surface area contributed by atoms with Gasteiger partial charge < -0.3 is 19.7 Å². The first-order chi connectivity index (χ1) is 15.4. The summed E-state index contributed by atoms with van der Waals surface area (Å²) in [6, 6.07) is 11.2. The molecule has 2 aromatic rings. The minimum Gasteiger partial charge on any atom is -0.486 e. The number of carbonyl (C=O) groups is 2. The lowest BCUT2D eigenvalue weighted by atomic mass is 10.1. The molecule has 1 aliphatic rings. The summed E-state index contributed by atoms with van der Waals surface area (Å²) >= 11 is 0. The topological polar surface area (TPSA) is 67.9 Å². The van der Waals surface area contributed by atoms with E-state index in [4.69, 9.17) is 9.47 Å². The van der Waals surface area contributed by atoms with E-state index >= 15 is 0 Å². The summed E-state index contributed by atoms with van der Waals surface area (Å²) in [5, 5.41) is 2.92. The summed E-state index contributed by atoms with van der Waals surface area (Å²) in [7, 11) is 0. The molecule has 6 nitrogen and oxygen atoms in total. The van der Waals surface area contributed by atoms with Gasteiger partial charge in [-0.1, -0.05) is 31.2 Å². The number of benzene rings is 2. The predicted molar refractivity (Wildman–Crippen MR) is 120 cm³/mol. The number of halogens is 1. The molecule has 0 bridgehead atoms. The first-order valence-corrected chi connectivity index (χ1v) is 11.1. The Morgan fingerprint density at radius 2 is 1.81 bits per heavy atom. The second kappa shape index (κ2) is 11.0. The maximum atomic E-state index is 14.3. The third-order valence-corrected chi connectivity index (χ3v) is 5.70. The number of rotatable bonds is 9. The molecule has 2 amide bonds. The van der Waals surface area contributed by atoms with Crippen molar-refractivity contribution in [3.05, 3.63) is 59.4 Å². The van der Waals surface area contributed by atoms with Crippen LogP contribution in [0.2, 0.25) is 0 Å². The highest BCUT2D eigenvalue weighted by molar-refractivity contribution is 5.87. The van der Waals surface area contributed by atoms with Gasteiger partial charge in [-0.15, -0.1) is 0 Å². The lowest BCUT2D eigenvalue weighted by Gasteiger charge is -2.30. The van der Waals surface area contributed by atoms with Crippen molar-refractivity contribution in [1.29, 1.82) is 0 Å². The Morgan fingerprint density at radius 1 is 1.09 bits per heavy atom. The van der Waals surface area contributed by atoms with Crippen molar-refractivity contribution in [2.75, 3.05) is 13.2 Å². The van der Waals surface area contributed by atoms with Crippen molar-refractivity contribution in [3.63, 3.8) is 0 Å². The highest BCUT2D eigenvalue weighted by Gasteiger charge is 2.27. The molecule has 0 saturated carbocycles. The average molecular weight is 443 g/mol. The molecule has 0 aliphatic carbocycles. The number of hydrogen-bond donors (Lipinski definition) is 1. The molecule has 2 atom stereocenters. The summed E-state index contributed by atoms with van der Waals surface area (Å²) in [6.45, 7) is 6.62. The third-order valence-electron chi connectivity index (χ3n) is 5.70. The van der Waals surface area contributed by atoms with Crippen LogP contribution in [0.4, 0.5) is 4.39 Å². The van der Waals surface area contributed by atoms with Gasteiger partial charge in [0.05, 0.1) is 0 Å². The van der Waals surface area contributed by atoms with Crippen LogP contribution >= 0.6 is 0 Å². The number of aryl methyl sites for hydroxylation is 1. The van der Waals surface area contributed by atoms with Crippen LogP contribution in [-0.4, -0.2) is 42.0 Å². The van der Waals surface area contributed by atoms with Gasteiger partial charge in [0.15, 0.2) is 11.5 Å². The van der Waals surface area contributed by atoms with Gasteiger partial charge >= 0.3 is 0 Å². The number of hydrogen-bond acceptors (Lipinski definition) is 4. The zero-order valence-electron chi connectivity index (χ0n) is 18.9. The van der Waals surface area contributed by atoms with Gasteiger partial charge in [0.2, 0.25) is 11.8 Å². The van der Waals surface area contributed by atoms with Gasteiger partial charge in [-0.25, -0.2) is 4.39 Å². The summed E-state index contributed by atoms with van der Waals surface area (Å²) in [6.07, 6.45) is 1.45. The highest BCUT2D eigenvalue weighted by Crippen LogP contribution is 2.31. The Balaban J connectivity index is 1.73. The van der Waals surface area contributed by atoms with Gasteiger partial charge in [-0.05, 0) is 50.5 Å². The Morgan fingerprint density at radius 3 is 2.53 bits per heavy atom. The standard InChI is InChI=1S/C25H31FN2O4/c1-4-17(2)27-25(30)18(3)28(16-20-7-5-6-8-21(20)26)24(29)12-10-19-9-11-22-23(15-19)32-14-13-31-22/h5-9,11,15,17-18H,4,10,12-14,16H2,1-3H3,(H,27,30)/t17-,18-/m0/s1. The largest absolute Gasteiger partial charge is 0.486 e. The van der Waals surface area contributed by atoms with Crippen molar-refractivity contribution in [2.24, 2.45) is 0 Å². The second-order valence-corrected chi connectivity index (χ2v) is 8.08. The lowest BCUT2D eigenvalue weighted by molar-refractivity contribution is -0.140. The minimum atomic E-state index is -0.726. The van der Waals surface area contributed by atoms with Crippen molar-refractivity contribution >= 4 is 11.8 Å². The van der Waals surface area contributed by atoms with Gasteiger partial charge in [0, 0.05) is 24.6 Å². The fourth-order valence-corrected chi connectivity index (χ4v) is 3.50. The van der Waals surface area contributed by atoms with E-state index in [2.05, 4.69) is 5.32 Å². The SMILES string of the molecule is CC[C@H](C)NC(=O)[C@H](C)N(Cc1ccccc1F)C(=O)CCc1ccc2c(c1)OCCO2. The number of fused-ring (bicyclic) bond motifs is 1. The monoisotopic (exact) mass is 442 g/mol. The first kappa shape index (κ1) is 23.6. The molecule has 32 heavy (non-hydrogen) atoms. The molecule has 0 radical (unpaired) electrons. The van der Waals surface area contributed by atoms with Gasteiger partial charge in [-0.2, -0.15) is 0 Å². The second-order valence-electron chi connectivity index (χ2n) is 8.08. The Hall–Kier alpha value is -3.09. The summed E-state index contributed by atoms with van der Waals surface area (Å²) in [4.78, 5) is 27.4. The molecule has 0 spiro atoms. The lowest BCUT2D eigenvalue weighted by Crippen LogP contribution is -2.49. The number of carbonyl (C=O) groups excluding carboxylic acids is 2. The average Bonchev–Trinajstić information content (AvgIpc) is 2.81. The molecule has 0 saturated heterocycles. The number of amides is 2. The van der Waals surface area contributed by atoms with Crippen LogP contribution in [0.25, 0.3) is 0 Å². The van der Waals surface area contributed by atoms with E-state index in [1.165, 1.54) is 11.0 Å². The van der Waals surface area contributed by atoms with Crippen molar-refractivity contribution in [2.45, 2.75) is 58.7 Å². The molecular formula is C25H31FN2O4. The van der Waals surface area contributed by atoms with Crippen LogP contribution in [0.1, 0.15) is 44.7 Å². The normalized spacial score (nSPS) is 14.4.